The summed E-state index contributed by atoms with van der Waals surface area (Å²) >= 11 is 5.88. The molecule has 0 radical (unpaired) electrons. The first-order valence-corrected chi connectivity index (χ1v) is 12.4. The topological polar surface area (TPSA) is 71.8 Å². The Labute approximate surface area is 213 Å². The Morgan fingerprint density at radius 3 is 2.64 bits per heavy atom. The third-order valence-electron chi connectivity index (χ3n) is 6.34. The van der Waals surface area contributed by atoms with Crippen molar-refractivity contribution in [1.29, 1.82) is 0 Å². The predicted octanol–water partition coefficient (Wildman–Crippen LogP) is 5.57. The molecular formula is C26H28ClF2N7. The van der Waals surface area contributed by atoms with Gasteiger partial charge in [0.2, 0.25) is 5.95 Å². The fourth-order valence-electron chi connectivity index (χ4n) is 4.83. The zero-order chi connectivity index (χ0) is 25.6. The highest BCUT2D eigenvalue weighted by atomic mass is 35.5. The molecule has 36 heavy (non-hydrogen) atoms. The van der Waals surface area contributed by atoms with Crippen molar-refractivity contribution < 1.29 is 8.78 Å². The number of nitrogens with zero attached hydrogens (tertiary/aromatic N) is 6. The summed E-state index contributed by atoms with van der Waals surface area (Å²) in [5, 5.41) is 3.07. The van der Waals surface area contributed by atoms with E-state index in [1.54, 1.807) is 6.07 Å². The molecule has 188 valence electrons. The third-order valence-corrected chi connectivity index (χ3v) is 6.51. The highest BCUT2D eigenvalue weighted by Gasteiger charge is 2.23. The van der Waals surface area contributed by atoms with Crippen LogP contribution in [0.4, 0.5) is 20.5 Å². The van der Waals surface area contributed by atoms with Crippen LogP contribution in [-0.4, -0.2) is 48.4 Å². The van der Waals surface area contributed by atoms with Crippen molar-refractivity contribution in [3.63, 3.8) is 0 Å². The fourth-order valence-corrected chi connectivity index (χ4v) is 5.07. The molecule has 0 fully saturated rings. The van der Waals surface area contributed by atoms with Gasteiger partial charge in [-0.05, 0) is 51.5 Å². The molecule has 1 aliphatic rings. The Morgan fingerprint density at radius 2 is 1.89 bits per heavy atom. The van der Waals surface area contributed by atoms with Crippen molar-refractivity contribution in [2.45, 2.75) is 46.2 Å². The summed E-state index contributed by atoms with van der Waals surface area (Å²) in [4.78, 5) is 19.9. The second kappa shape index (κ2) is 9.37. The van der Waals surface area contributed by atoms with Crippen LogP contribution in [0.2, 0.25) is 0 Å². The molecule has 3 aromatic heterocycles. The van der Waals surface area contributed by atoms with E-state index in [0.29, 0.717) is 28.6 Å². The molecule has 0 saturated heterocycles. The number of rotatable bonds is 5. The lowest BCUT2D eigenvalue weighted by Crippen LogP contribution is -2.32. The molecule has 0 spiro atoms. The zero-order valence-electron chi connectivity index (χ0n) is 20.7. The number of anilines is 2. The van der Waals surface area contributed by atoms with Crippen LogP contribution in [0.25, 0.3) is 22.3 Å². The number of halogens is 3. The maximum atomic E-state index is 15.1. The molecule has 0 aliphatic carbocycles. The highest BCUT2D eigenvalue weighted by Crippen LogP contribution is 2.32. The summed E-state index contributed by atoms with van der Waals surface area (Å²) in [6.07, 6.45) is 1.90. The quantitative estimate of drug-likeness (QED) is 0.353. The number of hydrogen-bond acceptors (Lipinski definition) is 6. The smallest absolute Gasteiger partial charge is 0.229 e. The summed E-state index contributed by atoms with van der Waals surface area (Å²) in [5.41, 5.74) is 2.98. The monoisotopic (exact) mass is 511 g/mol. The van der Waals surface area contributed by atoms with Gasteiger partial charge in [0, 0.05) is 48.7 Å². The van der Waals surface area contributed by atoms with Crippen LogP contribution in [0.15, 0.2) is 30.5 Å². The fraction of sp³-hybridized carbons (Fsp3) is 0.385. The lowest BCUT2D eigenvalue weighted by Gasteiger charge is -2.27. The van der Waals surface area contributed by atoms with Crippen LogP contribution in [0, 0.1) is 18.6 Å². The molecule has 0 unspecified atom stereocenters. The predicted molar refractivity (Wildman–Crippen MR) is 138 cm³/mol. The second-order valence-corrected chi connectivity index (χ2v) is 10.4. The lowest BCUT2D eigenvalue weighted by atomic mass is 10.1. The normalized spacial score (nSPS) is 14.3. The minimum absolute atomic E-state index is 0.00212. The van der Waals surface area contributed by atoms with E-state index in [0.717, 1.165) is 43.5 Å². The summed E-state index contributed by atoms with van der Waals surface area (Å²) in [5.74, 6) is 0.862. The molecule has 4 aromatic rings. The number of benzene rings is 1. The van der Waals surface area contributed by atoms with Crippen LogP contribution in [0.3, 0.4) is 0 Å². The van der Waals surface area contributed by atoms with Crippen molar-refractivity contribution in [3.05, 3.63) is 59.2 Å². The van der Waals surface area contributed by atoms with Gasteiger partial charge in [0.1, 0.15) is 22.9 Å². The standard InChI is InChI=1S/C26H28ClF2N7/c1-15-31-24-18(28)11-17(12-21(24)36(15)26(2,3)4)23-19(29)13-30-25(34-23)33-22-6-5-16-14-35(10-8-27)9-7-20(16)32-22/h5-6,11-13H,7-10,14H2,1-4H3,(H,30,32,33,34). The second-order valence-electron chi connectivity index (χ2n) is 10.0. The Kier molecular flexibility index (Phi) is 6.38. The molecule has 0 bridgehead atoms. The lowest BCUT2D eigenvalue weighted by molar-refractivity contribution is 0.267. The largest absolute Gasteiger partial charge is 0.323 e. The first-order valence-electron chi connectivity index (χ1n) is 11.9. The van der Waals surface area contributed by atoms with Gasteiger partial charge in [0.25, 0.3) is 0 Å². The van der Waals surface area contributed by atoms with Gasteiger partial charge in [-0.15, -0.1) is 11.6 Å². The Balaban J connectivity index is 1.48. The molecule has 1 N–H and O–H groups in total. The first kappa shape index (κ1) is 24.5. The van der Waals surface area contributed by atoms with Gasteiger partial charge in [-0.1, -0.05) is 6.07 Å². The SMILES string of the molecule is Cc1nc2c(F)cc(-c3nc(Nc4ccc5c(n4)CCN(CCCl)C5)ncc3F)cc2n1C(C)(C)C. The van der Waals surface area contributed by atoms with Gasteiger partial charge in [-0.2, -0.15) is 0 Å². The number of hydrogen-bond donors (Lipinski definition) is 1. The molecule has 1 aliphatic heterocycles. The highest BCUT2D eigenvalue weighted by molar-refractivity contribution is 6.18. The van der Waals surface area contributed by atoms with E-state index >= 15 is 4.39 Å². The molecule has 0 atom stereocenters. The van der Waals surface area contributed by atoms with E-state index in [4.69, 9.17) is 16.6 Å². The molecule has 5 rings (SSSR count). The average molecular weight is 512 g/mol. The van der Waals surface area contributed by atoms with Crippen molar-refractivity contribution in [1.82, 2.24) is 29.4 Å². The summed E-state index contributed by atoms with van der Waals surface area (Å²) in [6.45, 7) is 10.4. The molecule has 0 amide bonds. The van der Waals surface area contributed by atoms with E-state index in [1.165, 1.54) is 6.07 Å². The summed E-state index contributed by atoms with van der Waals surface area (Å²) in [6, 6.07) is 6.86. The van der Waals surface area contributed by atoms with Crippen molar-refractivity contribution in [2.24, 2.45) is 0 Å². The molecular weight excluding hydrogens is 484 g/mol. The first-order chi connectivity index (χ1) is 17.1. The van der Waals surface area contributed by atoms with Crippen molar-refractivity contribution in [3.8, 4) is 11.3 Å². The summed E-state index contributed by atoms with van der Waals surface area (Å²) < 4.78 is 31.9. The Hall–Kier alpha value is -3.17. The number of alkyl halides is 1. The summed E-state index contributed by atoms with van der Waals surface area (Å²) in [7, 11) is 0. The molecule has 4 heterocycles. The zero-order valence-corrected chi connectivity index (χ0v) is 21.5. The van der Waals surface area contributed by atoms with E-state index in [2.05, 4.69) is 25.2 Å². The number of nitrogens with one attached hydrogen (secondary N) is 1. The Bertz CT molecular complexity index is 1440. The molecule has 7 nitrogen and oxygen atoms in total. The van der Waals surface area contributed by atoms with E-state index in [-0.39, 0.29) is 22.7 Å². The van der Waals surface area contributed by atoms with E-state index in [9.17, 15) is 4.39 Å². The van der Waals surface area contributed by atoms with Gasteiger partial charge in [0.15, 0.2) is 11.6 Å². The van der Waals surface area contributed by atoms with Gasteiger partial charge in [-0.25, -0.2) is 28.7 Å². The van der Waals surface area contributed by atoms with Gasteiger partial charge in [0.05, 0.1) is 11.7 Å². The number of pyridine rings is 1. The maximum Gasteiger partial charge on any atom is 0.229 e. The maximum absolute atomic E-state index is 15.1. The van der Waals surface area contributed by atoms with Crippen molar-refractivity contribution >= 4 is 34.4 Å². The number of fused-ring (bicyclic) bond motifs is 2. The van der Waals surface area contributed by atoms with Crippen LogP contribution >= 0.6 is 11.6 Å². The van der Waals surface area contributed by atoms with E-state index < -0.39 is 11.6 Å². The molecule has 0 saturated carbocycles. The molecule has 10 heteroatoms. The number of aryl methyl sites for hydroxylation is 1. The Morgan fingerprint density at radius 1 is 1.08 bits per heavy atom. The number of imidazole rings is 1. The van der Waals surface area contributed by atoms with Crippen LogP contribution in [0.5, 0.6) is 0 Å². The third kappa shape index (κ3) is 4.65. The van der Waals surface area contributed by atoms with Gasteiger partial charge >= 0.3 is 0 Å². The molecule has 1 aromatic carbocycles. The van der Waals surface area contributed by atoms with Crippen LogP contribution in [-0.2, 0) is 18.5 Å². The van der Waals surface area contributed by atoms with Gasteiger partial charge in [-0.3, -0.25) is 4.90 Å². The van der Waals surface area contributed by atoms with Gasteiger partial charge < -0.3 is 9.88 Å². The van der Waals surface area contributed by atoms with E-state index in [1.807, 2.05) is 44.4 Å². The van der Waals surface area contributed by atoms with Crippen LogP contribution in [0.1, 0.15) is 37.9 Å². The van der Waals surface area contributed by atoms with Crippen molar-refractivity contribution in [2.75, 3.05) is 24.3 Å². The number of aromatic nitrogens is 5. The average Bonchev–Trinajstić information content (AvgIpc) is 3.17. The van der Waals surface area contributed by atoms with Crippen LogP contribution < -0.4 is 5.32 Å². The minimum atomic E-state index is -0.643. The minimum Gasteiger partial charge on any atom is -0.323 e.